The highest BCUT2D eigenvalue weighted by Gasteiger charge is 2.10. The van der Waals surface area contributed by atoms with Gasteiger partial charge in [0.25, 0.3) is 0 Å². The van der Waals surface area contributed by atoms with E-state index in [0.717, 1.165) is 12.2 Å². The largest absolute Gasteiger partial charge is 0.432 e. The number of amides is 1. The Morgan fingerprint density at radius 1 is 1.67 bits per heavy atom. The van der Waals surface area contributed by atoms with E-state index in [9.17, 15) is 4.79 Å². The summed E-state index contributed by atoms with van der Waals surface area (Å²) in [6.07, 6.45) is 1.92. The SMILES string of the molecule is CCNC(C)CC(=O)Nc1nc(C)co1. The van der Waals surface area contributed by atoms with Crippen molar-refractivity contribution in [2.24, 2.45) is 0 Å². The number of nitrogens with zero attached hydrogens (tertiary/aromatic N) is 1. The average Bonchev–Trinajstić information content (AvgIpc) is 2.51. The molecule has 1 aromatic rings. The van der Waals surface area contributed by atoms with Crippen LogP contribution < -0.4 is 10.6 Å². The molecule has 84 valence electrons. The van der Waals surface area contributed by atoms with Crippen LogP contribution in [0.5, 0.6) is 0 Å². The van der Waals surface area contributed by atoms with Crippen LogP contribution in [0.4, 0.5) is 6.01 Å². The van der Waals surface area contributed by atoms with Crippen molar-refractivity contribution in [1.82, 2.24) is 10.3 Å². The Balaban J connectivity index is 2.36. The highest BCUT2D eigenvalue weighted by Crippen LogP contribution is 2.06. The number of carbonyl (C=O) groups is 1. The molecule has 1 aromatic heterocycles. The van der Waals surface area contributed by atoms with Crippen LogP contribution in [0.1, 0.15) is 26.0 Å². The summed E-state index contributed by atoms with van der Waals surface area (Å²) in [5.74, 6) is -0.0923. The number of hydrogen-bond acceptors (Lipinski definition) is 4. The summed E-state index contributed by atoms with van der Waals surface area (Å²) >= 11 is 0. The van der Waals surface area contributed by atoms with E-state index >= 15 is 0 Å². The van der Waals surface area contributed by atoms with Crippen LogP contribution in [0.3, 0.4) is 0 Å². The van der Waals surface area contributed by atoms with E-state index in [4.69, 9.17) is 4.42 Å². The van der Waals surface area contributed by atoms with E-state index in [1.54, 1.807) is 6.92 Å². The van der Waals surface area contributed by atoms with Crippen LogP contribution in [0, 0.1) is 6.92 Å². The normalized spacial score (nSPS) is 12.5. The van der Waals surface area contributed by atoms with Crippen molar-refractivity contribution in [2.75, 3.05) is 11.9 Å². The van der Waals surface area contributed by atoms with Crippen LogP contribution >= 0.6 is 0 Å². The molecular weight excluding hydrogens is 194 g/mol. The molecule has 1 heterocycles. The number of anilines is 1. The summed E-state index contributed by atoms with van der Waals surface area (Å²) in [5, 5.41) is 5.75. The van der Waals surface area contributed by atoms with Gasteiger partial charge in [0.1, 0.15) is 6.26 Å². The van der Waals surface area contributed by atoms with Gasteiger partial charge in [-0.15, -0.1) is 0 Å². The Morgan fingerprint density at radius 2 is 2.40 bits per heavy atom. The van der Waals surface area contributed by atoms with Gasteiger partial charge in [0.2, 0.25) is 5.91 Å². The average molecular weight is 211 g/mol. The molecule has 0 aliphatic rings. The first-order valence-corrected chi connectivity index (χ1v) is 5.07. The summed E-state index contributed by atoms with van der Waals surface area (Å²) in [4.78, 5) is 15.4. The molecule has 0 spiro atoms. The molecule has 0 aliphatic carbocycles. The quantitative estimate of drug-likeness (QED) is 0.770. The zero-order valence-corrected chi connectivity index (χ0v) is 9.33. The first-order chi connectivity index (χ1) is 7.11. The standard InChI is InChI=1S/C10H17N3O2/c1-4-11-7(2)5-9(14)13-10-12-8(3)6-15-10/h6-7,11H,4-5H2,1-3H3,(H,12,13,14). The van der Waals surface area contributed by atoms with Gasteiger partial charge in [-0.2, -0.15) is 4.98 Å². The van der Waals surface area contributed by atoms with E-state index in [1.165, 1.54) is 6.26 Å². The first kappa shape index (κ1) is 11.7. The van der Waals surface area contributed by atoms with E-state index in [-0.39, 0.29) is 18.0 Å². The number of nitrogens with one attached hydrogen (secondary N) is 2. The van der Waals surface area contributed by atoms with Crippen LogP contribution in [0.15, 0.2) is 10.7 Å². The van der Waals surface area contributed by atoms with Gasteiger partial charge in [0.05, 0.1) is 5.69 Å². The Hall–Kier alpha value is -1.36. The summed E-state index contributed by atoms with van der Waals surface area (Å²) in [6, 6.07) is 0.423. The Morgan fingerprint density at radius 3 is 2.93 bits per heavy atom. The maximum atomic E-state index is 11.5. The number of rotatable bonds is 5. The molecular formula is C10H17N3O2. The number of hydrogen-bond donors (Lipinski definition) is 2. The number of aryl methyl sites for hydroxylation is 1. The van der Waals surface area contributed by atoms with Crippen molar-refractivity contribution >= 4 is 11.9 Å². The third kappa shape index (κ3) is 4.12. The molecule has 1 atom stereocenters. The molecule has 0 aromatic carbocycles. The van der Waals surface area contributed by atoms with Crippen LogP contribution in [-0.4, -0.2) is 23.5 Å². The Labute approximate surface area is 89.3 Å². The Bertz CT molecular complexity index is 322. The van der Waals surface area contributed by atoms with Crippen LogP contribution in [0.25, 0.3) is 0 Å². The summed E-state index contributed by atoms with van der Waals surface area (Å²) in [6.45, 7) is 6.63. The molecule has 0 saturated heterocycles. The molecule has 1 unspecified atom stereocenters. The third-order valence-corrected chi connectivity index (χ3v) is 1.91. The van der Waals surface area contributed by atoms with Crippen LogP contribution in [-0.2, 0) is 4.79 Å². The highest BCUT2D eigenvalue weighted by molar-refractivity contribution is 5.88. The van der Waals surface area contributed by atoms with Crippen LogP contribution in [0.2, 0.25) is 0 Å². The van der Waals surface area contributed by atoms with Gasteiger partial charge in [-0.1, -0.05) is 6.92 Å². The molecule has 0 saturated carbocycles. The van der Waals surface area contributed by atoms with Gasteiger partial charge in [-0.3, -0.25) is 10.1 Å². The molecule has 2 N–H and O–H groups in total. The molecule has 15 heavy (non-hydrogen) atoms. The number of aromatic nitrogens is 1. The second kappa shape index (κ2) is 5.50. The van der Waals surface area contributed by atoms with Crippen molar-refractivity contribution in [2.45, 2.75) is 33.2 Å². The minimum absolute atomic E-state index is 0.0923. The van der Waals surface area contributed by atoms with Gasteiger partial charge < -0.3 is 9.73 Å². The van der Waals surface area contributed by atoms with Gasteiger partial charge in [-0.05, 0) is 20.4 Å². The van der Waals surface area contributed by atoms with Crippen molar-refractivity contribution in [1.29, 1.82) is 0 Å². The van der Waals surface area contributed by atoms with Gasteiger partial charge >= 0.3 is 6.01 Å². The fourth-order valence-electron chi connectivity index (χ4n) is 1.28. The maximum Gasteiger partial charge on any atom is 0.301 e. The zero-order valence-electron chi connectivity index (χ0n) is 9.33. The van der Waals surface area contributed by atoms with E-state index in [2.05, 4.69) is 15.6 Å². The predicted octanol–water partition coefficient (Wildman–Crippen LogP) is 1.31. The summed E-state index contributed by atoms with van der Waals surface area (Å²) in [7, 11) is 0. The summed E-state index contributed by atoms with van der Waals surface area (Å²) in [5.41, 5.74) is 0.755. The summed E-state index contributed by atoms with van der Waals surface area (Å²) < 4.78 is 5.01. The smallest absolute Gasteiger partial charge is 0.301 e. The second-order valence-electron chi connectivity index (χ2n) is 3.51. The molecule has 0 aliphatic heterocycles. The lowest BCUT2D eigenvalue weighted by molar-refractivity contribution is -0.116. The molecule has 0 fully saturated rings. The lowest BCUT2D eigenvalue weighted by Gasteiger charge is -2.10. The third-order valence-electron chi connectivity index (χ3n) is 1.91. The van der Waals surface area contributed by atoms with E-state index in [0.29, 0.717) is 6.42 Å². The minimum Gasteiger partial charge on any atom is -0.432 e. The van der Waals surface area contributed by atoms with Gasteiger partial charge in [0.15, 0.2) is 0 Å². The first-order valence-electron chi connectivity index (χ1n) is 5.07. The minimum atomic E-state index is -0.0923. The van der Waals surface area contributed by atoms with Gasteiger partial charge in [-0.25, -0.2) is 0 Å². The van der Waals surface area contributed by atoms with E-state index < -0.39 is 0 Å². The monoisotopic (exact) mass is 211 g/mol. The zero-order chi connectivity index (χ0) is 11.3. The molecule has 0 radical (unpaired) electrons. The topological polar surface area (TPSA) is 67.2 Å². The number of oxazole rings is 1. The van der Waals surface area contributed by atoms with E-state index in [1.807, 2.05) is 13.8 Å². The fraction of sp³-hybridized carbons (Fsp3) is 0.600. The fourth-order valence-corrected chi connectivity index (χ4v) is 1.28. The lowest BCUT2D eigenvalue weighted by atomic mass is 10.2. The molecule has 1 amide bonds. The molecule has 5 heteroatoms. The predicted molar refractivity (Wildman–Crippen MR) is 57.6 cm³/mol. The number of carbonyl (C=O) groups excluding carboxylic acids is 1. The molecule has 0 bridgehead atoms. The second-order valence-corrected chi connectivity index (χ2v) is 3.51. The maximum absolute atomic E-state index is 11.5. The van der Waals surface area contributed by atoms with Crippen molar-refractivity contribution in [3.8, 4) is 0 Å². The van der Waals surface area contributed by atoms with Crippen molar-refractivity contribution < 1.29 is 9.21 Å². The Kier molecular flexibility index (Phi) is 4.30. The van der Waals surface area contributed by atoms with Crippen molar-refractivity contribution in [3.05, 3.63) is 12.0 Å². The highest BCUT2D eigenvalue weighted by atomic mass is 16.4. The van der Waals surface area contributed by atoms with Crippen molar-refractivity contribution in [3.63, 3.8) is 0 Å². The molecule has 1 rings (SSSR count). The lowest BCUT2D eigenvalue weighted by Crippen LogP contribution is -2.30. The van der Waals surface area contributed by atoms with Gasteiger partial charge in [0, 0.05) is 12.5 Å². The molecule has 5 nitrogen and oxygen atoms in total.